The van der Waals surface area contributed by atoms with Crippen molar-refractivity contribution in [2.45, 2.75) is 26.8 Å². The molecule has 0 saturated carbocycles. The van der Waals surface area contributed by atoms with Crippen molar-refractivity contribution in [1.82, 2.24) is 9.55 Å². The Morgan fingerprint density at radius 1 is 1.41 bits per heavy atom. The van der Waals surface area contributed by atoms with Crippen LogP contribution in [0.15, 0.2) is 18.2 Å². The number of carbonyl (C=O) groups is 1. The van der Waals surface area contributed by atoms with E-state index in [2.05, 4.69) is 4.98 Å². The number of aromatic nitrogens is 2. The van der Waals surface area contributed by atoms with Crippen LogP contribution in [0.3, 0.4) is 0 Å². The average molecular weight is 232 g/mol. The number of carbonyl (C=O) groups excluding carboxylic acids is 1. The van der Waals surface area contributed by atoms with Gasteiger partial charge in [0.25, 0.3) is 0 Å². The molecule has 0 unspecified atom stereocenters. The van der Waals surface area contributed by atoms with E-state index in [1.54, 1.807) is 7.11 Å². The van der Waals surface area contributed by atoms with Gasteiger partial charge in [0, 0.05) is 19.0 Å². The Labute approximate surface area is 100 Å². The summed E-state index contributed by atoms with van der Waals surface area (Å²) in [7, 11) is 1.62. The second-order valence-electron chi connectivity index (χ2n) is 4.31. The Kier molecular flexibility index (Phi) is 2.88. The van der Waals surface area contributed by atoms with Crippen LogP contribution in [0.2, 0.25) is 0 Å². The summed E-state index contributed by atoms with van der Waals surface area (Å²) in [5.74, 6) is 1.23. The predicted octanol–water partition coefficient (Wildman–Crippen LogP) is 2.83. The summed E-state index contributed by atoms with van der Waals surface area (Å²) in [6, 6.07) is 5.87. The highest BCUT2D eigenvalue weighted by molar-refractivity contribution is 5.95. The van der Waals surface area contributed by atoms with Gasteiger partial charge in [0.2, 0.25) is 0 Å². The number of hydrogen-bond donors (Lipinski definition) is 0. The molecule has 0 bridgehead atoms. The second kappa shape index (κ2) is 4.20. The molecule has 1 aromatic heterocycles. The second-order valence-corrected chi connectivity index (χ2v) is 4.31. The summed E-state index contributed by atoms with van der Waals surface area (Å²) in [5, 5.41) is 0. The van der Waals surface area contributed by atoms with E-state index in [0.29, 0.717) is 5.82 Å². The molecule has 2 aromatic rings. The molecule has 1 heterocycles. The van der Waals surface area contributed by atoms with E-state index >= 15 is 0 Å². The lowest BCUT2D eigenvalue weighted by atomic mass is 10.2. The fourth-order valence-electron chi connectivity index (χ4n) is 1.98. The SMILES string of the molecule is COc1ccc2c(c1)nc(C(C)=O)n2C(C)C. The van der Waals surface area contributed by atoms with Crippen LogP contribution in [0.25, 0.3) is 11.0 Å². The molecule has 90 valence electrons. The fourth-order valence-corrected chi connectivity index (χ4v) is 1.98. The molecule has 0 N–H and O–H groups in total. The van der Waals surface area contributed by atoms with Crippen molar-refractivity contribution in [3.05, 3.63) is 24.0 Å². The van der Waals surface area contributed by atoms with Gasteiger partial charge in [-0.15, -0.1) is 0 Å². The Hall–Kier alpha value is -1.84. The van der Waals surface area contributed by atoms with Crippen molar-refractivity contribution < 1.29 is 9.53 Å². The molecule has 0 amide bonds. The lowest BCUT2D eigenvalue weighted by molar-refractivity contribution is 0.0998. The molecule has 0 atom stereocenters. The molecule has 0 saturated heterocycles. The van der Waals surface area contributed by atoms with Gasteiger partial charge in [-0.2, -0.15) is 0 Å². The van der Waals surface area contributed by atoms with Crippen molar-refractivity contribution >= 4 is 16.8 Å². The number of fused-ring (bicyclic) bond motifs is 1. The quantitative estimate of drug-likeness (QED) is 0.764. The highest BCUT2D eigenvalue weighted by atomic mass is 16.5. The van der Waals surface area contributed by atoms with Crippen LogP contribution in [0.1, 0.15) is 37.4 Å². The third-order valence-electron chi connectivity index (χ3n) is 2.73. The van der Waals surface area contributed by atoms with Gasteiger partial charge in [-0.1, -0.05) is 0 Å². The number of methoxy groups -OCH3 is 1. The molecule has 0 aliphatic carbocycles. The summed E-state index contributed by atoms with van der Waals surface area (Å²) in [6.07, 6.45) is 0. The summed E-state index contributed by atoms with van der Waals surface area (Å²) in [6.45, 7) is 5.62. The molecule has 0 aliphatic rings. The normalized spacial score (nSPS) is 11.1. The number of ketones is 1. The molecule has 4 nitrogen and oxygen atoms in total. The van der Waals surface area contributed by atoms with E-state index < -0.39 is 0 Å². The molecule has 2 rings (SSSR count). The number of rotatable bonds is 3. The molecule has 1 aromatic carbocycles. The Morgan fingerprint density at radius 2 is 2.12 bits per heavy atom. The Bertz CT molecular complexity index is 570. The lowest BCUT2D eigenvalue weighted by Gasteiger charge is -2.11. The first-order chi connectivity index (χ1) is 8.04. The molecular formula is C13H16N2O2. The first-order valence-electron chi connectivity index (χ1n) is 5.61. The molecule has 0 radical (unpaired) electrons. The number of hydrogen-bond acceptors (Lipinski definition) is 3. The summed E-state index contributed by atoms with van der Waals surface area (Å²) >= 11 is 0. The first kappa shape index (κ1) is 11.6. The zero-order valence-corrected chi connectivity index (χ0v) is 10.5. The van der Waals surface area contributed by atoms with Crippen LogP contribution in [-0.4, -0.2) is 22.4 Å². The third-order valence-corrected chi connectivity index (χ3v) is 2.73. The maximum absolute atomic E-state index is 11.6. The zero-order chi connectivity index (χ0) is 12.6. The van der Waals surface area contributed by atoms with Gasteiger partial charge in [0.15, 0.2) is 11.6 Å². The van der Waals surface area contributed by atoms with Gasteiger partial charge in [0.05, 0.1) is 18.1 Å². The van der Waals surface area contributed by atoms with Crippen molar-refractivity contribution in [3.8, 4) is 5.75 Å². The van der Waals surface area contributed by atoms with Gasteiger partial charge < -0.3 is 9.30 Å². The van der Waals surface area contributed by atoms with Crippen LogP contribution < -0.4 is 4.74 Å². The van der Waals surface area contributed by atoms with Crippen molar-refractivity contribution in [2.75, 3.05) is 7.11 Å². The van der Waals surface area contributed by atoms with Gasteiger partial charge in [0.1, 0.15) is 5.75 Å². The van der Waals surface area contributed by atoms with Crippen molar-refractivity contribution in [2.24, 2.45) is 0 Å². The van der Waals surface area contributed by atoms with E-state index in [9.17, 15) is 4.79 Å². The number of ether oxygens (including phenoxy) is 1. The smallest absolute Gasteiger partial charge is 0.195 e. The first-order valence-corrected chi connectivity index (χ1v) is 5.61. The molecule has 4 heteroatoms. The topological polar surface area (TPSA) is 44.1 Å². The fraction of sp³-hybridized carbons (Fsp3) is 0.385. The minimum Gasteiger partial charge on any atom is -0.497 e. The van der Waals surface area contributed by atoms with Crippen molar-refractivity contribution in [3.63, 3.8) is 0 Å². The number of nitrogens with zero attached hydrogens (tertiary/aromatic N) is 2. The van der Waals surface area contributed by atoms with Crippen LogP contribution in [-0.2, 0) is 0 Å². The van der Waals surface area contributed by atoms with Gasteiger partial charge in [-0.25, -0.2) is 4.98 Å². The van der Waals surface area contributed by atoms with Crippen LogP contribution in [0.4, 0.5) is 0 Å². The van der Waals surface area contributed by atoms with E-state index in [1.807, 2.05) is 36.6 Å². The van der Waals surface area contributed by atoms with Crippen LogP contribution in [0.5, 0.6) is 5.75 Å². The largest absolute Gasteiger partial charge is 0.497 e. The number of benzene rings is 1. The van der Waals surface area contributed by atoms with E-state index in [0.717, 1.165) is 16.8 Å². The average Bonchev–Trinajstić information content (AvgIpc) is 2.66. The standard InChI is InChI=1S/C13H16N2O2/c1-8(2)15-12-6-5-10(17-4)7-11(12)14-13(15)9(3)16/h5-8H,1-4H3. The zero-order valence-electron chi connectivity index (χ0n) is 10.5. The minimum atomic E-state index is -0.0196. The number of imidazole rings is 1. The van der Waals surface area contributed by atoms with Crippen LogP contribution >= 0.6 is 0 Å². The predicted molar refractivity (Wildman–Crippen MR) is 66.7 cm³/mol. The van der Waals surface area contributed by atoms with Crippen molar-refractivity contribution in [1.29, 1.82) is 0 Å². The molecule has 0 fully saturated rings. The maximum atomic E-state index is 11.6. The Balaban J connectivity index is 2.74. The lowest BCUT2D eigenvalue weighted by Crippen LogP contribution is -2.09. The van der Waals surface area contributed by atoms with Gasteiger partial charge >= 0.3 is 0 Å². The highest BCUT2D eigenvalue weighted by Gasteiger charge is 2.16. The number of Topliss-reactive ketones (excluding diaryl/α,β-unsaturated/α-hetero) is 1. The molecular weight excluding hydrogens is 216 g/mol. The highest BCUT2D eigenvalue weighted by Crippen LogP contribution is 2.25. The third kappa shape index (κ3) is 1.90. The minimum absolute atomic E-state index is 0.0196. The summed E-state index contributed by atoms with van der Waals surface area (Å²) in [4.78, 5) is 16.0. The maximum Gasteiger partial charge on any atom is 0.195 e. The summed E-state index contributed by atoms with van der Waals surface area (Å²) < 4.78 is 7.11. The molecule has 0 spiro atoms. The monoisotopic (exact) mass is 232 g/mol. The van der Waals surface area contributed by atoms with E-state index in [1.165, 1.54) is 6.92 Å². The molecule has 0 aliphatic heterocycles. The molecule has 17 heavy (non-hydrogen) atoms. The van der Waals surface area contributed by atoms with Gasteiger partial charge in [-0.05, 0) is 26.0 Å². The summed E-state index contributed by atoms with van der Waals surface area (Å²) in [5.41, 5.74) is 1.76. The van der Waals surface area contributed by atoms with E-state index in [4.69, 9.17) is 4.74 Å². The van der Waals surface area contributed by atoms with E-state index in [-0.39, 0.29) is 11.8 Å². The van der Waals surface area contributed by atoms with Crippen LogP contribution in [0, 0.1) is 0 Å². The Morgan fingerprint density at radius 3 is 2.65 bits per heavy atom. The van der Waals surface area contributed by atoms with Gasteiger partial charge in [-0.3, -0.25) is 4.79 Å².